The number of aryl methyl sites for hydroxylation is 1. The van der Waals surface area contributed by atoms with Gasteiger partial charge >= 0.3 is 0 Å². The second-order valence-corrected chi connectivity index (χ2v) is 7.04. The molecule has 1 amide bonds. The van der Waals surface area contributed by atoms with E-state index >= 15 is 0 Å². The number of methoxy groups -OCH3 is 2. The normalized spacial score (nSPS) is 16.8. The van der Waals surface area contributed by atoms with Gasteiger partial charge in [0.15, 0.2) is 0 Å². The van der Waals surface area contributed by atoms with Gasteiger partial charge in [0.05, 0.1) is 33.4 Å². The van der Waals surface area contributed by atoms with Crippen LogP contribution in [-0.2, 0) is 11.3 Å². The van der Waals surface area contributed by atoms with Gasteiger partial charge in [0.25, 0.3) is 0 Å². The number of rotatable bonds is 7. The molecule has 1 aliphatic heterocycles. The highest BCUT2D eigenvalue weighted by Gasteiger charge is 2.32. The number of amides is 1. The van der Waals surface area contributed by atoms with Crippen LogP contribution in [0.15, 0.2) is 34.7 Å². The second kappa shape index (κ2) is 8.48. The predicted molar refractivity (Wildman–Crippen MR) is 103 cm³/mol. The Kier molecular flexibility index (Phi) is 6.06. The molecule has 2 heterocycles. The van der Waals surface area contributed by atoms with Crippen LogP contribution < -0.4 is 9.47 Å². The molecule has 0 radical (unpaired) electrons. The summed E-state index contributed by atoms with van der Waals surface area (Å²) in [5.41, 5.74) is 1.01. The van der Waals surface area contributed by atoms with E-state index in [1.54, 1.807) is 14.2 Å². The van der Waals surface area contributed by atoms with E-state index in [4.69, 9.17) is 13.9 Å². The highest BCUT2D eigenvalue weighted by molar-refractivity contribution is 5.79. The van der Waals surface area contributed by atoms with Gasteiger partial charge in [0.1, 0.15) is 23.0 Å². The Labute approximate surface area is 160 Å². The lowest BCUT2D eigenvalue weighted by Crippen LogP contribution is -2.38. The van der Waals surface area contributed by atoms with Crippen molar-refractivity contribution in [3.05, 3.63) is 47.4 Å². The smallest absolute Gasteiger partial charge is 0.237 e. The molecule has 6 nitrogen and oxygen atoms in total. The van der Waals surface area contributed by atoms with Crippen LogP contribution in [0.2, 0.25) is 0 Å². The van der Waals surface area contributed by atoms with Crippen molar-refractivity contribution in [1.82, 2.24) is 9.80 Å². The minimum absolute atomic E-state index is 0.0156. The summed E-state index contributed by atoms with van der Waals surface area (Å²) in [5, 5.41) is 0. The third-order valence-electron chi connectivity index (χ3n) is 5.00. The monoisotopic (exact) mass is 372 g/mol. The van der Waals surface area contributed by atoms with E-state index in [9.17, 15) is 4.79 Å². The van der Waals surface area contributed by atoms with Gasteiger partial charge < -0.3 is 18.8 Å². The number of hydrogen-bond acceptors (Lipinski definition) is 5. The first kappa shape index (κ1) is 19.3. The Morgan fingerprint density at radius 1 is 1.26 bits per heavy atom. The fraction of sp³-hybridized carbons (Fsp3) is 0.476. The zero-order valence-electron chi connectivity index (χ0n) is 16.5. The minimum Gasteiger partial charge on any atom is -0.497 e. The van der Waals surface area contributed by atoms with Gasteiger partial charge in [-0.3, -0.25) is 9.69 Å². The van der Waals surface area contributed by atoms with E-state index in [0.717, 1.165) is 48.0 Å². The Morgan fingerprint density at radius 2 is 2.07 bits per heavy atom. The maximum Gasteiger partial charge on any atom is 0.237 e. The first-order valence-electron chi connectivity index (χ1n) is 9.27. The third-order valence-corrected chi connectivity index (χ3v) is 5.00. The van der Waals surface area contributed by atoms with Crippen molar-refractivity contribution in [3.63, 3.8) is 0 Å². The topological polar surface area (TPSA) is 55.2 Å². The highest BCUT2D eigenvalue weighted by atomic mass is 16.5. The summed E-state index contributed by atoms with van der Waals surface area (Å²) in [6.45, 7) is 3.64. The molecule has 27 heavy (non-hydrogen) atoms. The van der Waals surface area contributed by atoms with Crippen molar-refractivity contribution in [2.24, 2.45) is 0 Å². The zero-order valence-corrected chi connectivity index (χ0v) is 16.5. The SMILES string of the molecule is COc1ccc(OC)c(C2CCCN2C(=O)CN(C)Cc2ccc(C)o2)c1. The number of likely N-dealkylation sites (N-methyl/N-ethyl adjacent to an activating group) is 1. The van der Waals surface area contributed by atoms with Gasteiger partial charge in [-0.05, 0) is 57.1 Å². The Hall–Kier alpha value is -2.47. The first-order chi connectivity index (χ1) is 13.0. The van der Waals surface area contributed by atoms with Crippen LogP contribution in [0.1, 0.15) is 36.0 Å². The fourth-order valence-corrected chi connectivity index (χ4v) is 3.70. The predicted octanol–water partition coefficient (Wildman–Crippen LogP) is 3.40. The van der Waals surface area contributed by atoms with Crippen molar-refractivity contribution < 1.29 is 18.7 Å². The van der Waals surface area contributed by atoms with E-state index in [1.165, 1.54) is 0 Å². The molecule has 1 atom stereocenters. The molecular formula is C21H28N2O4. The molecule has 0 saturated carbocycles. The summed E-state index contributed by atoms with van der Waals surface area (Å²) < 4.78 is 16.5. The molecule has 0 bridgehead atoms. The largest absolute Gasteiger partial charge is 0.497 e. The lowest BCUT2D eigenvalue weighted by atomic mass is 10.0. The van der Waals surface area contributed by atoms with E-state index < -0.39 is 0 Å². The average Bonchev–Trinajstić information content (AvgIpc) is 3.30. The van der Waals surface area contributed by atoms with E-state index in [-0.39, 0.29) is 11.9 Å². The van der Waals surface area contributed by atoms with Crippen molar-refractivity contribution in [2.75, 3.05) is 34.4 Å². The van der Waals surface area contributed by atoms with Crippen molar-refractivity contribution in [2.45, 2.75) is 32.4 Å². The van der Waals surface area contributed by atoms with Crippen LogP contribution in [0.4, 0.5) is 0 Å². The molecular weight excluding hydrogens is 344 g/mol. The molecule has 0 aliphatic carbocycles. The number of likely N-dealkylation sites (tertiary alicyclic amines) is 1. The average molecular weight is 372 g/mol. The summed E-state index contributed by atoms with van der Waals surface area (Å²) in [4.78, 5) is 16.9. The summed E-state index contributed by atoms with van der Waals surface area (Å²) in [7, 11) is 5.24. The van der Waals surface area contributed by atoms with E-state index in [2.05, 4.69) is 0 Å². The number of ether oxygens (including phenoxy) is 2. The Bertz CT molecular complexity index is 786. The molecule has 1 aliphatic rings. The molecule has 1 aromatic carbocycles. The van der Waals surface area contributed by atoms with Crippen LogP contribution in [0.3, 0.4) is 0 Å². The number of benzene rings is 1. The molecule has 6 heteroatoms. The van der Waals surface area contributed by atoms with Gasteiger partial charge in [-0.2, -0.15) is 0 Å². The number of nitrogens with zero attached hydrogens (tertiary/aromatic N) is 2. The quantitative estimate of drug-likeness (QED) is 0.746. The summed E-state index contributed by atoms with van der Waals surface area (Å²) in [6.07, 6.45) is 1.91. The second-order valence-electron chi connectivity index (χ2n) is 7.04. The minimum atomic E-state index is 0.0156. The summed E-state index contributed by atoms with van der Waals surface area (Å²) in [5.74, 6) is 3.44. The lowest BCUT2D eigenvalue weighted by Gasteiger charge is -2.28. The van der Waals surface area contributed by atoms with Crippen LogP contribution in [0, 0.1) is 6.92 Å². The molecule has 146 valence electrons. The highest BCUT2D eigenvalue weighted by Crippen LogP contribution is 2.38. The van der Waals surface area contributed by atoms with Gasteiger partial charge in [-0.15, -0.1) is 0 Å². The molecule has 2 aromatic rings. The van der Waals surface area contributed by atoms with E-state index in [0.29, 0.717) is 13.1 Å². The number of carbonyl (C=O) groups excluding carboxylic acids is 1. The third kappa shape index (κ3) is 4.45. The van der Waals surface area contributed by atoms with Crippen LogP contribution in [0.5, 0.6) is 11.5 Å². The van der Waals surface area contributed by atoms with Gasteiger partial charge in [-0.25, -0.2) is 0 Å². The first-order valence-corrected chi connectivity index (χ1v) is 9.27. The van der Waals surface area contributed by atoms with Gasteiger partial charge in [-0.1, -0.05) is 0 Å². The number of furan rings is 1. The molecule has 3 rings (SSSR count). The standard InChI is InChI=1S/C21H28N2O4/c1-15-7-8-17(27-15)13-22(2)14-21(24)23-11-5-6-19(23)18-12-16(25-3)9-10-20(18)26-4/h7-10,12,19H,5-6,11,13-14H2,1-4H3. The molecule has 1 aromatic heterocycles. The maximum absolute atomic E-state index is 13.0. The number of carbonyl (C=O) groups is 1. The molecule has 0 N–H and O–H groups in total. The van der Waals surface area contributed by atoms with Gasteiger partial charge in [0, 0.05) is 12.1 Å². The van der Waals surface area contributed by atoms with Crippen LogP contribution in [-0.4, -0.2) is 50.1 Å². The Balaban J connectivity index is 1.71. The lowest BCUT2D eigenvalue weighted by molar-refractivity contribution is -0.133. The maximum atomic E-state index is 13.0. The Morgan fingerprint density at radius 3 is 2.74 bits per heavy atom. The zero-order chi connectivity index (χ0) is 19.4. The molecule has 1 unspecified atom stereocenters. The van der Waals surface area contributed by atoms with Crippen molar-refractivity contribution >= 4 is 5.91 Å². The van der Waals surface area contributed by atoms with Gasteiger partial charge in [0.2, 0.25) is 5.91 Å². The number of hydrogen-bond donors (Lipinski definition) is 0. The van der Waals surface area contributed by atoms with Crippen LogP contribution in [0.25, 0.3) is 0 Å². The van der Waals surface area contributed by atoms with E-state index in [1.807, 2.05) is 54.1 Å². The summed E-state index contributed by atoms with van der Waals surface area (Å²) in [6, 6.07) is 9.67. The molecule has 0 spiro atoms. The van der Waals surface area contributed by atoms with Crippen molar-refractivity contribution in [1.29, 1.82) is 0 Å². The molecule has 1 fully saturated rings. The molecule has 1 saturated heterocycles. The summed E-state index contributed by atoms with van der Waals surface area (Å²) >= 11 is 0. The fourth-order valence-electron chi connectivity index (χ4n) is 3.70. The van der Waals surface area contributed by atoms with Crippen LogP contribution >= 0.6 is 0 Å². The van der Waals surface area contributed by atoms with Crippen molar-refractivity contribution in [3.8, 4) is 11.5 Å².